The van der Waals surface area contributed by atoms with E-state index in [1.54, 1.807) is 14.2 Å². The smallest absolute Gasteiger partial charge is 0.203 e. The lowest BCUT2D eigenvalue weighted by Gasteiger charge is -2.40. The molecule has 0 amide bonds. The first-order chi connectivity index (χ1) is 10.6. The molecule has 1 aliphatic heterocycles. The van der Waals surface area contributed by atoms with Gasteiger partial charge in [0.05, 0.1) is 14.2 Å². The molecule has 1 aromatic rings. The van der Waals surface area contributed by atoms with Gasteiger partial charge in [0.15, 0.2) is 11.5 Å². The van der Waals surface area contributed by atoms with Crippen molar-refractivity contribution in [1.29, 1.82) is 0 Å². The quantitative estimate of drug-likeness (QED) is 0.902. The normalized spacial score (nSPS) is 23.5. The first kappa shape index (κ1) is 15.4. The van der Waals surface area contributed by atoms with E-state index < -0.39 is 0 Å². The van der Waals surface area contributed by atoms with Gasteiger partial charge in [0.25, 0.3) is 0 Å². The number of rotatable bonds is 5. The molecule has 1 unspecified atom stereocenters. The van der Waals surface area contributed by atoms with Crippen LogP contribution in [0.2, 0.25) is 0 Å². The van der Waals surface area contributed by atoms with Crippen molar-refractivity contribution in [2.45, 2.75) is 38.4 Å². The topological polar surface area (TPSA) is 45.2 Å². The minimum Gasteiger partial charge on any atom is -0.504 e. The van der Waals surface area contributed by atoms with Gasteiger partial charge in [-0.1, -0.05) is 6.07 Å². The van der Waals surface area contributed by atoms with Crippen molar-refractivity contribution in [2.75, 3.05) is 33.9 Å². The van der Waals surface area contributed by atoms with Crippen LogP contribution in [0.1, 0.15) is 25.3 Å². The summed E-state index contributed by atoms with van der Waals surface area (Å²) in [5.41, 5.74) is 0.893. The van der Waals surface area contributed by atoms with Gasteiger partial charge in [0.1, 0.15) is 0 Å². The minimum atomic E-state index is 0.193. The van der Waals surface area contributed by atoms with E-state index in [0.717, 1.165) is 37.8 Å². The molecule has 1 atom stereocenters. The number of methoxy groups -OCH3 is 2. The lowest BCUT2D eigenvalue weighted by atomic mass is 10.1. The van der Waals surface area contributed by atoms with Crippen molar-refractivity contribution in [3.05, 3.63) is 17.7 Å². The van der Waals surface area contributed by atoms with Gasteiger partial charge < -0.3 is 14.6 Å². The van der Waals surface area contributed by atoms with Crippen LogP contribution in [0.25, 0.3) is 0 Å². The zero-order chi connectivity index (χ0) is 15.7. The molecule has 1 N–H and O–H groups in total. The van der Waals surface area contributed by atoms with Crippen LogP contribution in [-0.4, -0.2) is 60.8 Å². The standard InChI is InChI=1S/C17H26N2O3/c1-12-10-19(14-5-6-14)9-8-18(12)11-13-4-7-15(21-2)17(22-3)16(13)20/h4,7,12,14,20H,5-6,8-11H2,1-3H3. The summed E-state index contributed by atoms with van der Waals surface area (Å²) in [5, 5.41) is 10.4. The summed E-state index contributed by atoms with van der Waals surface area (Å²) in [6.45, 7) is 6.31. The average molecular weight is 306 g/mol. The maximum absolute atomic E-state index is 10.4. The monoisotopic (exact) mass is 306 g/mol. The van der Waals surface area contributed by atoms with E-state index in [1.807, 2.05) is 12.1 Å². The van der Waals surface area contributed by atoms with Crippen LogP contribution in [0.4, 0.5) is 0 Å². The molecule has 2 fully saturated rings. The van der Waals surface area contributed by atoms with Crippen LogP contribution in [-0.2, 0) is 6.54 Å². The first-order valence-electron chi connectivity index (χ1n) is 8.05. The number of benzene rings is 1. The highest BCUT2D eigenvalue weighted by Gasteiger charge is 2.34. The van der Waals surface area contributed by atoms with Crippen LogP contribution in [0.3, 0.4) is 0 Å². The van der Waals surface area contributed by atoms with Gasteiger partial charge in [-0.05, 0) is 25.8 Å². The minimum absolute atomic E-state index is 0.193. The van der Waals surface area contributed by atoms with E-state index in [0.29, 0.717) is 17.5 Å². The molecule has 1 heterocycles. The highest BCUT2D eigenvalue weighted by Crippen LogP contribution is 2.39. The summed E-state index contributed by atoms with van der Waals surface area (Å²) in [6, 6.07) is 5.12. The van der Waals surface area contributed by atoms with Crippen molar-refractivity contribution in [2.24, 2.45) is 0 Å². The zero-order valence-corrected chi connectivity index (χ0v) is 13.7. The van der Waals surface area contributed by atoms with E-state index >= 15 is 0 Å². The van der Waals surface area contributed by atoms with Crippen molar-refractivity contribution < 1.29 is 14.6 Å². The van der Waals surface area contributed by atoms with Crippen LogP contribution >= 0.6 is 0 Å². The second-order valence-corrected chi connectivity index (χ2v) is 6.35. The Bertz CT molecular complexity index is 531. The fourth-order valence-corrected chi connectivity index (χ4v) is 3.33. The molecule has 5 heteroatoms. The maximum atomic E-state index is 10.4. The molecule has 0 bridgehead atoms. The third kappa shape index (κ3) is 3.01. The van der Waals surface area contributed by atoms with Gasteiger partial charge in [-0.2, -0.15) is 0 Å². The molecular weight excluding hydrogens is 280 g/mol. The number of hydrogen-bond donors (Lipinski definition) is 1. The molecule has 22 heavy (non-hydrogen) atoms. The van der Waals surface area contributed by atoms with E-state index in [9.17, 15) is 5.11 Å². The molecule has 3 rings (SSSR count). The molecule has 2 aliphatic rings. The third-order valence-corrected chi connectivity index (χ3v) is 4.84. The Hall–Kier alpha value is -1.46. The summed E-state index contributed by atoms with van der Waals surface area (Å²) in [6.07, 6.45) is 2.73. The largest absolute Gasteiger partial charge is 0.504 e. The number of phenols is 1. The lowest BCUT2D eigenvalue weighted by molar-refractivity contribution is 0.0723. The Balaban J connectivity index is 1.70. The van der Waals surface area contributed by atoms with Gasteiger partial charge in [0, 0.05) is 43.8 Å². The van der Waals surface area contributed by atoms with Gasteiger partial charge >= 0.3 is 0 Å². The molecule has 0 radical (unpaired) electrons. The molecule has 1 saturated carbocycles. The van der Waals surface area contributed by atoms with Crippen LogP contribution in [0.5, 0.6) is 17.2 Å². The lowest BCUT2D eigenvalue weighted by Crippen LogP contribution is -2.51. The van der Waals surface area contributed by atoms with Crippen molar-refractivity contribution in [3.63, 3.8) is 0 Å². The molecule has 5 nitrogen and oxygen atoms in total. The summed E-state index contributed by atoms with van der Waals surface area (Å²) in [7, 11) is 3.13. The summed E-state index contributed by atoms with van der Waals surface area (Å²) >= 11 is 0. The van der Waals surface area contributed by atoms with Crippen LogP contribution in [0.15, 0.2) is 12.1 Å². The molecular formula is C17H26N2O3. The second kappa shape index (κ2) is 6.34. The summed E-state index contributed by atoms with van der Waals surface area (Å²) < 4.78 is 10.5. The summed E-state index contributed by atoms with van der Waals surface area (Å²) in [5.74, 6) is 1.18. The highest BCUT2D eigenvalue weighted by molar-refractivity contribution is 5.54. The fourth-order valence-electron chi connectivity index (χ4n) is 3.33. The Kier molecular flexibility index (Phi) is 4.45. The number of aromatic hydroxyl groups is 1. The number of nitrogens with zero attached hydrogens (tertiary/aromatic N) is 2. The van der Waals surface area contributed by atoms with E-state index in [4.69, 9.17) is 9.47 Å². The van der Waals surface area contributed by atoms with E-state index in [1.165, 1.54) is 12.8 Å². The Morgan fingerprint density at radius 2 is 1.95 bits per heavy atom. The molecule has 0 aromatic heterocycles. The average Bonchev–Trinajstić information content (AvgIpc) is 3.35. The van der Waals surface area contributed by atoms with Gasteiger partial charge in [0.2, 0.25) is 5.75 Å². The van der Waals surface area contributed by atoms with Gasteiger partial charge in [-0.15, -0.1) is 0 Å². The maximum Gasteiger partial charge on any atom is 0.203 e. The third-order valence-electron chi connectivity index (χ3n) is 4.84. The van der Waals surface area contributed by atoms with Gasteiger partial charge in [-0.25, -0.2) is 0 Å². The second-order valence-electron chi connectivity index (χ2n) is 6.35. The Morgan fingerprint density at radius 3 is 2.55 bits per heavy atom. The number of piperazine rings is 1. The van der Waals surface area contributed by atoms with Crippen molar-refractivity contribution >= 4 is 0 Å². The Labute approximate surface area is 132 Å². The molecule has 1 saturated heterocycles. The van der Waals surface area contributed by atoms with E-state index in [2.05, 4.69) is 16.7 Å². The first-order valence-corrected chi connectivity index (χ1v) is 8.05. The molecule has 1 aliphatic carbocycles. The fraction of sp³-hybridized carbons (Fsp3) is 0.647. The zero-order valence-electron chi connectivity index (χ0n) is 13.7. The number of hydrogen-bond acceptors (Lipinski definition) is 5. The van der Waals surface area contributed by atoms with Crippen LogP contribution in [0, 0.1) is 0 Å². The van der Waals surface area contributed by atoms with Crippen molar-refractivity contribution in [1.82, 2.24) is 9.80 Å². The predicted molar refractivity (Wildman–Crippen MR) is 85.7 cm³/mol. The van der Waals surface area contributed by atoms with Crippen molar-refractivity contribution in [3.8, 4) is 17.2 Å². The highest BCUT2D eigenvalue weighted by atomic mass is 16.5. The summed E-state index contributed by atoms with van der Waals surface area (Å²) in [4.78, 5) is 5.04. The molecule has 0 spiro atoms. The SMILES string of the molecule is COc1ccc(CN2CCN(C3CC3)CC2C)c(O)c1OC. The molecule has 1 aromatic carbocycles. The predicted octanol–water partition coefficient (Wildman–Crippen LogP) is 2.08. The van der Waals surface area contributed by atoms with Crippen LogP contribution < -0.4 is 9.47 Å². The number of phenolic OH excluding ortho intramolecular Hbond substituents is 1. The Morgan fingerprint density at radius 1 is 1.18 bits per heavy atom. The number of ether oxygens (including phenoxy) is 2. The van der Waals surface area contributed by atoms with Gasteiger partial charge in [-0.3, -0.25) is 9.80 Å². The van der Waals surface area contributed by atoms with E-state index in [-0.39, 0.29) is 5.75 Å². The molecule has 122 valence electrons.